The van der Waals surface area contributed by atoms with Gasteiger partial charge in [0, 0.05) is 18.3 Å². The maximum absolute atomic E-state index is 12.6. The highest BCUT2D eigenvalue weighted by Crippen LogP contribution is 2.25. The van der Waals surface area contributed by atoms with Crippen molar-refractivity contribution in [1.29, 1.82) is 0 Å². The number of carbonyl (C=O) groups excluding carboxylic acids is 1. The van der Waals surface area contributed by atoms with Crippen LogP contribution < -0.4 is 19.9 Å². The van der Waals surface area contributed by atoms with Crippen LogP contribution >= 0.6 is 11.6 Å². The standard InChI is InChI=1S/C19H22ClN3O5S/c20-13-1-10-19(22-11-13)28-16-4-2-14(3-5-16)23-29(25,26)17-8-6-15(7-9-17)27-12-18(21)24/h1,6-11,14,16,23H,2-5,12H2,(H2,21,24). The molecule has 1 aromatic carbocycles. The third-order valence-corrected chi connectivity index (χ3v) is 6.26. The van der Waals surface area contributed by atoms with Crippen molar-refractivity contribution in [2.45, 2.75) is 42.7 Å². The molecule has 3 N–H and O–H groups in total. The highest BCUT2D eigenvalue weighted by Gasteiger charge is 2.27. The number of ether oxygens (including phenoxy) is 2. The Morgan fingerprint density at radius 1 is 1.14 bits per heavy atom. The van der Waals surface area contributed by atoms with Crippen molar-refractivity contribution in [3.05, 3.63) is 47.6 Å². The minimum Gasteiger partial charge on any atom is -0.484 e. The molecule has 0 unspecified atom stereocenters. The van der Waals surface area contributed by atoms with Gasteiger partial charge in [0.15, 0.2) is 6.61 Å². The molecule has 3 rings (SSSR count). The molecule has 1 fully saturated rings. The Kier molecular flexibility index (Phi) is 6.94. The Morgan fingerprint density at radius 2 is 1.83 bits per heavy atom. The predicted molar refractivity (Wildman–Crippen MR) is 107 cm³/mol. The molecule has 8 nitrogen and oxygen atoms in total. The first-order valence-electron chi connectivity index (χ1n) is 9.13. The third kappa shape index (κ3) is 6.31. The number of pyridine rings is 1. The fourth-order valence-corrected chi connectivity index (χ4v) is 4.47. The summed E-state index contributed by atoms with van der Waals surface area (Å²) in [5.74, 6) is 0.281. The second-order valence-corrected chi connectivity index (χ2v) is 8.90. The van der Waals surface area contributed by atoms with Crippen molar-refractivity contribution < 1.29 is 22.7 Å². The van der Waals surface area contributed by atoms with Gasteiger partial charge in [0.2, 0.25) is 15.9 Å². The van der Waals surface area contributed by atoms with E-state index >= 15 is 0 Å². The lowest BCUT2D eigenvalue weighted by atomic mass is 9.94. The first kappa shape index (κ1) is 21.4. The largest absolute Gasteiger partial charge is 0.484 e. The molecule has 10 heteroatoms. The van der Waals surface area contributed by atoms with Crippen molar-refractivity contribution in [2.75, 3.05) is 6.61 Å². The number of primary amides is 1. The summed E-state index contributed by atoms with van der Waals surface area (Å²) in [5.41, 5.74) is 5.01. The number of nitrogens with two attached hydrogens (primary N) is 1. The summed E-state index contributed by atoms with van der Waals surface area (Å²) in [7, 11) is -3.65. The van der Waals surface area contributed by atoms with E-state index in [1.165, 1.54) is 30.5 Å². The number of hydrogen-bond donors (Lipinski definition) is 2. The first-order valence-corrected chi connectivity index (χ1v) is 11.0. The van der Waals surface area contributed by atoms with Gasteiger partial charge in [0.25, 0.3) is 5.91 Å². The normalized spacial score (nSPS) is 19.5. The zero-order chi connectivity index (χ0) is 20.9. The summed E-state index contributed by atoms with van der Waals surface area (Å²) in [6.45, 7) is -0.263. The number of aromatic nitrogens is 1. The number of benzene rings is 1. The van der Waals surface area contributed by atoms with E-state index in [1.807, 2.05) is 0 Å². The van der Waals surface area contributed by atoms with E-state index in [4.69, 9.17) is 26.8 Å². The number of amides is 1. The van der Waals surface area contributed by atoms with E-state index in [2.05, 4.69) is 9.71 Å². The maximum Gasteiger partial charge on any atom is 0.255 e. The van der Waals surface area contributed by atoms with Crippen LogP contribution in [0.15, 0.2) is 47.5 Å². The second-order valence-electron chi connectivity index (χ2n) is 6.75. The molecule has 1 amide bonds. The summed E-state index contributed by atoms with van der Waals surface area (Å²) >= 11 is 5.81. The van der Waals surface area contributed by atoms with Crippen LogP contribution in [0.1, 0.15) is 25.7 Å². The number of nitrogens with zero attached hydrogens (tertiary/aromatic N) is 1. The SMILES string of the molecule is NC(=O)COc1ccc(S(=O)(=O)NC2CCC(Oc3ccc(Cl)cn3)CC2)cc1. The van der Waals surface area contributed by atoms with Gasteiger partial charge in [0.1, 0.15) is 11.9 Å². The topological polar surface area (TPSA) is 121 Å². The number of hydrogen-bond acceptors (Lipinski definition) is 6. The molecule has 0 aliphatic heterocycles. The van der Waals surface area contributed by atoms with Crippen LogP contribution in [0.2, 0.25) is 5.02 Å². The van der Waals surface area contributed by atoms with Gasteiger partial charge in [-0.25, -0.2) is 18.1 Å². The summed E-state index contributed by atoms with van der Waals surface area (Å²) in [6, 6.07) is 9.10. The number of carbonyl (C=O) groups is 1. The summed E-state index contributed by atoms with van der Waals surface area (Å²) in [6.07, 6.45) is 4.29. The molecule has 0 bridgehead atoms. The predicted octanol–water partition coefficient (Wildman–Crippen LogP) is 2.27. The van der Waals surface area contributed by atoms with Crippen molar-refractivity contribution in [1.82, 2.24) is 9.71 Å². The van der Waals surface area contributed by atoms with E-state index in [9.17, 15) is 13.2 Å². The molecule has 1 aliphatic carbocycles. The molecular formula is C19H22ClN3O5S. The smallest absolute Gasteiger partial charge is 0.255 e. The third-order valence-electron chi connectivity index (χ3n) is 4.50. The van der Waals surface area contributed by atoms with Gasteiger partial charge in [-0.1, -0.05) is 11.6 Å². The van der Waals surface area contributed by atoms with E-state index in [-0.39, 0.29) is 23.6 Å². The Hall–Kier alpha value is -2.36. The van der Waals surface area contributed by atoms with Crippen LogP contribution in [0.25, 0.3) is 0 Å². The molecule has 0 radical (unpaired) electrons. The monoisotopic (exact) mass is 439 g/mol. The van der Waals surface area contributed by atoms with Gasteiger partial charge in [0.05, 0.1) is 9.92 Å². The van der Waals surface area contributed by atoms with Crippen molar-refractivity contribution in [3.63, 3.8) is 0 Å². The minimum atomic E-state index is -3.65. The molecular weight excluding hydrogens is 418 g/mol. The average molecular weight is 440 g/mol. The number of rotatable bonds is 8. The van der Waals surface area contributed by atoms with Crippen LogP contribution in [0, 0.1) is 0 Å². The highest BCUT2D eigenvalue weighted by molar-refractivity contribution is 7.89. The van der Waals surface area contributed by atoms with Gasteiger partial charge in [-0.15, -0.1) is 0 Å². The van der Waals surface area contributed by atoms with E-state index in [0.29, 0.717) is 29.5 Å². The Morgan fingerprint density at radius 3 is 2.41 bits per heavy atom. The molecule has 0 saturated heterocycles. The van der Waals surface area contributed by atoms with E-state index in [0.717, 1.165) is 12.8 Å². The average Bonchev–Trinajstić information content (AvgIpc) is 2.70. The number of halogens is 1. The zero-order valence-corrected chi connectivity index (χ0v) is 17.2. The number of sulfonamides is 1. The molecule has 29 heavy (non-hydrogen) atoms. The Bertz CT molecular complexity index is 927. The quantitative estimate of drug-likeness (QED) is 0.650. The summed E-state index contributed by atoms with van der Waals surface area (Å²) in [4.78, 5) is 15.0. The lowest BCUT2D eigenvalue weighted by Gasteiger charge is -2.29. The zero-order valence-electron chi connectivity index (χ0n) is 15.6. The lowest BCUT2D eigenvalue weighted by Crippen LogP contribution is -2.39. The van der Waals surface area contributed by atoms with E-state index < -0.39 is 15.9 Å². The van der Waals surface area contributed by atoms with Gasteiger partial charge in [-0.05, 0) is 56.0 Å². The molecule has 2 aromatic rings. The van der Waals surface area contributed by atoms with Crippen LogP contribution in [0.5, 0.6) is 11.6 Å². The Balaban J connectivity index is 1.51. The lowest BCUT2D eigenvalue weighted by molar-refractivity contribution is -0.119. The van der Waals surface area contributed by atoms with Gasteiger partial charge < -0.3 is 15.2 Å². The molecule has 0 atom stereocenters. The van der Waals surface area contributed by atoms with Crippen LogP contribution in [-0.2, 0) is 14.8 Å². The molecule has 1 aromatic heterocycles. The van der Waals surface area contributed by atoms with Crippen LogP contribution in [0.4, 0.5) is 0 Å². The second kappa shape index (κ2) is 9.43. The minimum absolute atomic E-state index is 0.00822. The molecule has 156 valence electrons. The number of nitrogens with one attached hydrogen (secondary N) is 1. The van der Waals surface area contributed by atoms with Gasteiger partial charge >= 0.3 is 0 Å². The van der Waals surface area contributed by atoms with Crippen molar-refractivity contribution in [3.8, 4) is 11.6 Å². The molecule has 0 spiro atoms. The fraction of sp³-hybridized carbons (Fsp3) is 0.368. The fourth-order valence-electron chi connectivity index (χ4n) is 3.06. The van der Waals surface area contributed by atoms with Crippen LogP contribution in [0.3, 0.4) is 0 Å². The van der Waals surface area contributed by atoms with Gasteiger partial charge in [-0.3, -0.25) is 4.79 Å². The summed E-state index contributed by atoms with van der Waals surface area (Å²) < 4.78 is 38.9. The van der Waals surface area contributed by atoms with Crippen molar-refractivity contribution in [2.24, 2.45) is 5.73 Å². The molecule has 1 heterocycles. The summed E-state index contributed by atoms with van der Waals surface area (Å²) in [5, 5.41) is 0.544. The molecule has 1 saturated carbocycles. The van der Waals surface area contributed by atoms with E-state index in [1.54, 1.807) is 12.1 Å². The van der Waals surface area contributed by atoms with Crippen molar-refractivity contribution >= 4 is 27.5 Å². The highest BCUT2D eigenvalue weighted by atomic mass is 35.5. The van der Waals surface area contributed by atoms with Crippen LogP contribution in [-0.4, -0.2) is 38.1 Å². The maximum atomic E-state index is 12.6. The Labute approximate surface area is 174 Å². The first-order chi connectivity index (χ1) is 13.8. The molecule has 1 aliphatic rings. The van der Waals surface area contributed by atoms with Gasteiger partial charge in [-0.2, -0.15) is 0 Å².